The van der Waals surface area contributed by atoms with Gasteiger partial charge in [0.05, 0.1) is 0 Å². The number of hydrogen-bond acceptors (Lipinski definition) is 6. The maximum absolute atomic E-state index is 10.5. The second-order valence-corrected chi connectivity index (χ2v) is 8.05. The fourth-order valence-electron chi connectivity index (χ4n) is 5.79. The molecular formula is C21H21N3O3. The van der Waals surface area contributed by atoms with Crippen LogP contribution in [0, 0.1) is 5.92 Å². The van der Waals surface area contributed by atoms with Crippen molar-refractivity contribution in [2.75, 3.05) is 13.6 Å². The number of aromatic nitrogens is 2. The Balaban J connectivity index is 1.51. The van der Waals surface area contributed by atoms with Gasteiger partial charge in [0, 0.05) is 35.3 Å². The molecule has 5 atom stereocenters. The number of piperidine rings is 1. The number of nitrogens with zero attached hydrogens (tertiary/aromatic N) is 3. The van der Waals surface area contributed by atoms with E-state index < -0.39 is 0 Å². The molecule has 4 aliphatic rings. The molecule has 2 aliphatic heterocycles. The summed E-state index contributed by atoms with van der Waals surface area (Å²) in [5.41, 5.74) is 2.34. The molecule has 6 nitrogen and oxygen atoms in total. The highest BCUT2D eigenvalue weighted by Gasteiger charge is 2.64. The first-order chi connectivity index (χ1) is 13.2. The first-order valence-corrected chi connectivity index (χ1v) is 9.53. The molecule has 2 aliphatic carbocycles. The first-order valence-electron chi connectivity index (χ1n) is 9.53. The number of phenols is 1. The average molecular weight is 363 g/mol. The van der Waals surface area contributed by atoms with E-state index in [1.165, 1.54) is 11.1 Å². The zero-order valence-corrected chi connectivity index (χ0v) is 15.1. The predicted molar refractivity (Wildman–Crippen MR) is 98.0 cm³/mol. The summed E-state index contributed by atoms with van der Waals surface area (Å²) < 4.78 is 12.6. The van der Waals surface area contributed by atoms with Crippen LogP contribution >= 0.6 is 0 Å². The van der Waals surface area contributed by atoms with Gasteiger partial charge < -0.3 is 19.5 Å². The van der Waals surface area contributed by atoms with Gasteiger partial charge in [-0.2, -0.15) is 0 Å². The maximum atomic E-state index is 10.5. The minimum Gasteiger partial charge on any atom is -0.504 e. The van der Waals surface area contributed by atoms with Gasteiger partial charge in [0.25, 0.3) is 0 Å². The van der Waals surface area contributed by atoms with E-state index in [1.807, 2.05) is 0 Å². The Hall–Kier alpha value is -2.60. The lowest BCUT2D eigenvalue weighted by molar-refractivity contribution is -0.0401. The summed E-state index contributed by atoms with van der Waals surface area (Å²) in [4.78, 5) is 10.9. The number of likely N-dealkylation sites (tertiary alicyclic amines) is 1. The van der Waals surface area contributed by atoms with E-state index in [-0.39, 0.29) is 23.4 Å². The second-order valence-electron chi connectivity index (χ2n) is 8.05. The van der Waals surface area contributed by atoms with Gasteiger partial charge in [-0.15, -0.1) is 0 Å². The van der Waals surface area contributed by atoms with Crippen LogP contribution in [0.25, 0.3) is 0 Å². The van der Waals surface area contributed by atoms with Crippen molar-refractivity contribution in [2.24, 2.45) is 5.92 Å². The number of phenolic OH excluding ortho intramolecular Hbond substituents is 1. The van der Waals surface area contributed by atoms with Gasteiger partial charge in [0.1, 0.15) is 6.10 Å². The molecule has 6 rings (SSSR count). The molecule has 1 N–H and O–H groups in total. The molecule has 1 aromatic heterocycles. The van der Waals surface area contributed by atoms with Crippen molar-refractivity contribution in [1.29, 1.82) is 0 Å². The summed E-state index contributed by atoms with van der Waals surface area (Å²) >= 11 is 0. The van der Waals surface area contributed by atoms with Gasteiger partial charge in [-0.3, -0.25) is 0 Å². The van der Waals surface area contributed by atoms with Crippen molar-refractivity contribution in [1.82, 2.24) is 14.9 Å². The fourth-order valence-corrected chi connectivity index (χ4v) is 5.79. The smallest absolute Gasteiger partial charge is 0.317 e. The van der Waals surface area contributed by atoms with Crippen LogP contribution in [0.15, 0.2) is 42.7 Å². The quantitative estimate of drug-likeness (QED) is 0.824. The Labute approximate surface area is 157 Å². The molecule has 1 spiro atoms. The lowest BCUT2D eigenvalue weighted by Crippen LogP contribution is -2.65. The number of rotatable bonds is 2. The summed E-state index contributed by atoms with van der Waals surface area (Å²) in [5, 5.41) is 10.5. The normalized spacial score (nSPS) is 35.4. The molecule has 0 radical (unpaired) electrons. The average Bonchev–Trinajstić information content (AvgIpc) is 3.04. The molecule has 0 saturated carbocycles. The zero-order chi connectivity index (χ0) is 18.2. The number of benzene rings is 1. The SMILES string of the molecule is CN1CC[C@]23c4c5ccc(O)c4O[C@H]2[C@@H](Oc2ncccn2)C=C[C@H]3[C@H]1C5. The Morgan fingerprint density at radius 1 is 1.26 bits per heavy atom. The molecule has 1 fully saturated rings. The monoisotopic (exact) mass is 363 g/mol. The third-order valence-electron chi connectivity index (χ3n) is 6.91. The predicted octanol–water partition coefficient (Wildman–Crippen LogP) is 2.07. The van der Waals surface area contributed by atoms with Crippen LogP contribution in [0.3, 0.4) is 0 Å². The summed E-state index contributed by atoms with van der Waals surface area (Å²) in [5.74, 6) is 1.23. The summed E-state index contributed by atoms with van der Waals surface area (Å²) in [6, 6.07) is 6.40. The van der Waals surface area contributed by atoms with E-state index in [1.54, 1.807) is 24.5 Å². The Morgan fingerprint density at radius 3 is 2.96 bits per heavy atom. The third kappa shape index (κ3) is 1.88. The lowest BCUT2D eigenvalue weighted by atomic mass is 9.53. The van der Waals surface area contributed by atoms with Crippen molar-refractivity contribution in [2.45, 2.75) is 36.5 Å². The number of hydrogen-bond donors (Lipinski definition) is 1. The summed E-state index contributed by atoms with van der Waals surface area (Å²) in [6.07, 6.45) is 9.25. The van der Waals surface area contributed by atoms with Gasteiger partial charge in [0.15, 0.2) is 17.6 Å². The standard InChI is InChI=1S/C21H21N3O3/c1-24-10-7-21-13-4-6-16(26-20-22-8-2-9-23-20)19(21)27-18-15(25)5-3-12(17(18)21)11-14(13)24/h2-6,8-9,13-14,16,19,25H,7,10-11H2,1H3/t13-,14+,16-,19-,21-/m0/s1. The van der Waals surface area contributed by atoms with E-state index in [4.69, 9.17) is 9.47 Å². The Kier molecular flexibility index (Phi) is 2.99. The van der Waals surface area contributed by atoms with Gasteiger partial charge in [-0.05, 0) is 50.2 Å². The fraction of sp³-hybridized carbons (Fsp3) is 0.429. The van der Waals surface area contributed by atoms with Crippen LogP contribution in [0.5, 0.6) is 17.5 Å². The first kappa shape index (κ1) is 15.5. The number of likely N-dealkylation sites (N-methyl/N-ethyl adjacent to an activating group) is 1. The van der Waals surface area contributed by atoms with Crippen LogP contribution in [-0.2, 0) is 11.8 Å². The Morgan fingerprint density at radius 2 is 2.11 bits per heavy atom. The highest BCUT2D eigenvalue weighted by Crippen LogP contribution is 2.62. The van der Waals surface area contributed by atoms with Gasteiger partial charge >= 0.3 is 6.01 Å². The van der Waals surface area contributed by atoms with E-state index >= 15 is 0 Å². The third-order valence-corrected chi connectivity index (χ3v) is 6.91. The maximum Gasteiger partial charge on any atom is 0.317 e. The van der Waals surface area contributed by atoms with Crippen molar-refractivity contribution < 1.29 is 14.6 Å². The molecule has 2 aromatic rings. The van der Waals surface area contributed by atoms with Crippen molar-refractivity contribution in [3.8, 4) is 17.5 Å². The molecule has 138 valence electrons. The van der Waals surface area contributed by atoms with Crippen molar-refractivity contribution in [3.05, 3.63) is 53.9 Å². The molecule has 6 heteroatoms. The van der Waals surface area contributed by atoms with Crippen molar-refractivity contribution in [3.63, 3.8) is 0 Å². The molecular weight excluding hydrogens is 342 g/mol. The summed E-state index contributed by atoms with van der Waals surface area (Å²) in [6.45, 7) is 1.01. The topological polar surface area (TPSA) is 67.7 Å². The molecule has 3 heterocycles. The molecule has 1 saturated heterocycles. The number of ether oxygens (including phenoxy) is 2. The highest BCUT2D eigenvalue weighted by atomic mass is 16.6. The molecule has 0 unspecified atom stereocenters. The van der Waals surface area contributed by atoms with E-state index in [0.717, 1.165) is 19.4 Å². The lowest BCUT2D eigenvalue weighted by Gasteiger charge is -2.56. The van der Waals surface area contributed by atoms with Crippen LogP contribution in [-0.4, -0.2) is 51.8 Å². The molecule has 2 bridgehead atoms. The summed E-state index contributed by atoms with van der Waals surface area (Å²) in [7, 11) is 2.21. The van der Waals surface area contributed by atoms with Crippen LogP contribution in [0.1, 0.15) is 17.5 Å². The largest absolute Gasteiger partial charge is 0.504 e. The van der Waals surface area contributed by atoms with Gasteiger partial charge in [-0.1, -0.05) is 12.1 Å². The number of aromatic hydroxyl groups is 1. The highest BCUT2D eigenvalue weighted by molar-refractivity contribution is 5.61. The van der Waals surface area contributed by atoms with Gasteiger partial charge in [0.2, 0.25) is 0 Å². The molecule has 0 amide bonds. The van der Waals surface area contributed by atoms with Crippen LogP contribution < -0.4 is 9.47 Å². The molecule has 27 heavy (non-hydrogen) atoms. The van der Waals surface area contributed by atoms with Crippen molar-refractivity contribution >= 4 is 0 Å². The Bertz CT molecular complexity index is 947. The van der Waals surface area contributed by atoms with Gasteiger partial charge in [-0.25, -0.2) is 9.97 Å². The second kappa shape index (κ2) is 5.23. The van der Waals surface area contributed by atoms with E-state index in [2.05, 4.69) is 40.1 Å². The molecule has 1 aromatic carbocycles. The van der Waals surface area contributed by atoms with Crippen LogP contribution in [0.4, 0.5) is 0 Å². The van der Waals surface area contributed by atoms with Crippen LogP contribution in [0.2, 0.25) is 0 Å². The minimum absolute atomic E-state index is 0.160. The van der Waals surface area contributed by atoms with E-state index in [0.29, 0.717) is 23.7 Å². The zero-order valence-electron chi connectivity index (χ0n) is 15.1. The van der Waals surface area contributed by atoms with E-state index in [9.17, 15) is 5.11 Å². The minimum atomic E-state index is -0.287.